The van der Waals surface area contributed by atoms with Crippen LogP contribution >= 0.6 is 0 Å². The fraction of sp³-hybridized carbons (Fsp3) is 0.250. The summed E-state index contributed by atoms with van der Waals surface area (Å²) in [5.74, 6) is 0.982. The molecule has 0 aliphatic carbocycles. The summed E-state index contributed by atoms with van der Waals surface area (Å²) < 4.78 is 5.42. The highest BCUT2D eigenvalue weighted by atomic mass is 16.5. The zero-order chi connectivity index (χ0) is 12.5. The predicted octanol–water partition coefficient (Wildman–Crippen LogP) is 3.20. The van der Waals surface area contributed by atoms with E-state index in [4.69, 9.17) is 4.74 Å². The third kappa shape index (κ3) is 1.79. The Labute approximate surface area is 108 Å². The fourth-order valence-corrected chi connectivity index (χ4v) is 2.69. The van der Waals surface area contributed by atoms with Gasteiger partial charge in [-0.25, -0.2) is 0 Å². The number of hydrogen-bond donors (Lipinski definition) is 1. The molecule has 0 amide bonds. The topological polar surface area (TPSA) is 21.3 Å². The Morgan fingerprint density at radius 3 is 2.78 bits per heavy atom. The van der Waals surface area contributed by atoms with Crippen LogP contribution in [0.2, 0.25) is 0 Å². The van der Waals surface area contributed by atoms with Gasteiger partial charge in [-0.1, -0.05) is 42.0 Å². The van der Waals surface area contributed by atoms with Crippen LogP contribution < -0.4 is 10.1 Å². The second-order valence-electron chi connectivity index (χ2n) is 4.76. The molecule has 0 spiro atoms. The van der Waals surface area contributed by atoms with E-state index in [1.807, 2.05) is 6.07 Å². The summed E-state index contributed by atoms with van der Waals surface area (Å²) in [6.45, 7) is 3.00. The molecule has 1 unspecified atom stereocenters. The van der Waals surface area contributed by atoms with Crippen LogP contribution in [-0.4, -0.2) is 7.11 Å². The zero-order valence-electron chi connectivity index (χ0n) is 10.7. The van der Waals surface area contributed by atoms with Crippen LogP contribution in [0.25, 0.3) is 0 Å². The monoisotopic (exact) mass is 239 g/mol. The minimum atomic E-state index is 0.287. The molecule has 0 saturated heterocycles. The molecule has 0 fully saturated rings. The van der Waals surface area contributed by atoms with Gasteiger partial charge in [-0.3, -0.25) is 0 Å². The van der Waals surface area contributed by atoms with E-state index in [-0.39, 0.29) is 6.04 Å². The van der Waals surface area contributed by atoms with Crippen molar-refractivity contribution >= 4 is 0 Å². The molecule has 2 aromatic rings. The highest BCUT2D eigenvalue weighted by molar-refractivity contribution is 5.48. The largest absolute Gasteiger partial charge is 0.496 e. The molecule has 2 aromatic carbocycles. The van der Waals surface area contributed by atoms with Gasteiger partial charge in [0.05, 0.1) is 13.2 Å². The maximum Gasteiger partial charge on any atom is 0.123 e. The van der Waals surface area contributed by atoms with Crippen molar-refractivity contribution in [1.82, 2.24) is 5.32 Å². The molecule has 0 bridgehead atoms. The molecule has 0 radical (unpaired) electrons. The van der Waals surface area contributed by atoms with Crippen molar-refractivity contribution in [3.63, 3.8) is 0 Å². The van der Waals surface area contributed by atoms with Gasteiger partial charge in [-0.15, -0.1) is 0 Å². The van der Waals surface area contributed by atoms with E-state index in [1.165, 1.54) is 22.3 Å². The average molecular weight is 239 g/mol. The Kier molecular flexibility index (Phi) is 2.80. The molecule has 2 nitrogen and oxygen atoms in total. The lowest BCUT2D eigenvalue weighted by molar-refractivity contribution is 0.410. The van der Waals surface area contributed by atoms with Crippen LogP contribution in [-0.2, 0) is 6.54 Å². The minimum Gasteiger partial charge on any atom is -0.496 e. The van der Waals surface area contributed by atoms with Gasteiger partial charge in [0.2, 0.25) is 0 Å². The predicted molar refractivity (Wildman–Crippen MR) is 72.9 cm³/mol. The van der Waals surface area contributed by atoms with Gasteiger partial charge in [0.15, 0.2) is 0 Å². The number of ether oxygens (including phenoxy) is 1. The Hall–Kier alpha value is -1.80. The Morgan fingerprint density at radius 2 is 2.00 bits per heavy atom. The van der Waals surface area contributed by atoms with Gasteiger partial charge < -0.3 is 10.1 Å². The van der Waals surface area contributed by atoms with Crippen LogP contribution in [0.5, 0.6) is 5.75 Å². The van der Waals surface area contributed by atoms with Crippen LogP contribution in [0, 0.1) is 6.92 Å². The van der Waals surface area contributed by atoms with Crippen molar-refractivity contribution in [2.75, 3.05) is 7.11 Å². The smallest absolute Gasteiger partial charge is 0.123 e. The van der Waals surface area contributed by atoms with Gasteiger partial charge in [-0.2, -0.15) is 0 Å². The van der Waals surface area contributed by atoms with Crippen molar-refractivity contribution in [3.05, 3.63) is 64.7 Å². The lowest BCUT2D eigenvalue weighted by Gasteiger charge is -2.13. The summed E-state index contributed by atoms with van der Waals surface area (Å²) in [6.07, 6.45) is 0. The van der Waals surface area contributed by atoms with Gasteiger partial charge in [0.1, 0.15) is 5.75 Å². The first-order valence-electron chi connectivity index (χ1n) is 6.25. The molecule has 1 aliphatic heterocycles. The van der Waals surface area contributed by atoms with Gasteiger partial charge in [0, 0.05) is 12.1 Å². The molecule has 2 heteroatoms. The molecule has 18 heavy (non-hydrogen) atoms. The maximum absolute atomic E-state index is 5.42. The van der Waals surface area contributed by atoms with Crippen LogP contribution in [0.1, 0.15) is 28.3 Å². The van der Waals surface area contributed by atoms with Crippen molar-refractivity contribution in [3.8, 4) is 5.75 Å². The molecule has 1 aliphatic rings. The molecular weight excluding hydrogens is 222 g/mol. The van der Waals surface area contributed by atoms with E-state index in [2.05, 4.69) is 48.6 Å². The van der Waals surface area contributed by atoms with Crippen LogP contribution in [0.15, 0.2) is 42.5 Å². The summed E-state index contributed by atoms with van der Waals surface area (Å²) in [5.41, 5.74) is 5.24. The zero-order valence-corrected chi connectivity index (χ0v) is 10.7. The van der Waals surface area contributed by atoms with Crippen molar-refractivity contribution in [2.45, 2.75) is 19.5 Å². The van der Waals surface area contributed by atoms with Crippen LogP contribution in [0.4, 0.5) is 0 Å². The summed E-state index contributed by atoms with van der Waals surface area (Å²) in [4.78, 5) is 0. The highest BCUT2D eigenvalue weighted by Gasteiger charge is 2.25. The molecule has 0 saturated carbocycles. The molecule has 92 valence electrons. The summed E-state index contributed by atoms with van der Waals surface area (Å²) in [6, 6.07) is 15.2. The summed E-state index contributed by atoms with van der Waals surface area (Å²) in [5, 5.41) is 3.56. The molecule has 1 heterocycles. The number of rotatable bonds is 2. The van der Waals surface area contributed by atoms with E-state index in [0.29, 0.717) is 0 Å². The van der Waals surface area contributed by atoms with Crippen molar-refractivity contribution in [1.29, 1.82) is 0 Å². The van der Waals surface area contributed by atoms with Gasteiger partial charge in [0.25, 0.3) is 0 Å². The molecule has 3 rings (SSSR count). The Balaban J connectivity index is 2.05. The quantitative estimate of drug-likeness (QED) is 0.869. The van der Waals surface area contributed by atoms with E-state index in [1.54, 1.807) is 7.11 Å². The fourth-order valence-electron chi connectivity index (χ4n) is 2.69. The third-order valence-electron chi connectivity index (χ3n) is 3.56. The van der Waals surface area contributed by atoms with Crippen LogP contribution in [0.3, 0.4) is 0 Å². The second kappa shape index (κ2) is 4.46. The first-order valence-corrected chi connectivity index (χ1v) is 6.25. The number of methoxy groups -OCH3 is 1. The van der Waals surface area contributed by atoms with Crippen molar-refractivity contribution in [2.24, 2.45) is 0 Å². The summed E-state index contributed by atoms with van der Waals surface area (Å²) >= 11 is 0. The lowest BCUT2D eigenvalue weighted by Crippen LogP contribution is -2.13. The molecule has 1 N–H and O–H groups in total. The number of fused-ring (bicyclic) bond motifs is 1. The molecule has 0 aromatic heterocycles. The number of aryl methyl sites for hydroxylation is 1. The molecular formula is C16H17NO. The summed E-state index contributed by atoms with van der Waals surface area (Å²) in [7, 11) is 1.73. The van der Waals surface area contributed by atoms with E-state index >= 15 is 0 Å². The lowest BCUT2D eigenvalue weighted by atomic mass is 9.97. The Morgan fingerprint density at radius 1 is 1.17 bits per heavy atom. The van der Waals surface area contributed by atoms with Gasteiger partial charge in [-0.05, 0) is 24.1 Å². The highest BCUT2D eigenvalue weighted by Crippen LogP contribution is 2.35. The first-order chi connectivity index (χ1) is 8.79. The Bertz CT molecular complexity index is 577. The maximum atomic E-state index is 5.42. The number of hydrogen-bond acceptors (Lipinski definition) is 2. The van der Waals surface area contributed by atoms with E-state index in [9.17, 15) is 0 Å². The van der Waals surface area contributed by atoms with E-state index in [0.717, 1.165) is 12.3 Å². The van der Waals surface area contributed by atoms with E-state index < -0.39 is 0 Å². The SMILES string of the molecule is COc1cccc2c1CNC2c1cccc(C)c1. The number of nitrogens with one attached hydrogen (secondary N) is 1. The first kappa shape index (κ1) is 11.3. The second-order valence-corrected chi connectivity index (χ2v) is 4.76. The van der Waals surface area contributed by atoms with Gasteiger partial charge >= 0.3 is 0 Å². The minimum absolute atomic E-state index is 0.287. The molecule has 1 atom stereocenters. The average Bonchev–Trinajstić information content (AvgIpc) is 2.82. The van der Waals surface area contributed by atoms with Crippen molar-refractivity contribution < 1.29 is 4.74 Å². The normalized spacial score (nSPS) is 17.6. The number of benzene rings is 2. The third-order valence-corrected chi connectivity index (χ3v) is 3.56. The standard InChI is InChI=1S/C16H17NO/c1-11-5-3-6-12(9-11)16-13-7-4-8-15(18-2)14(13)10-17-16/h3-9,16-17H,10H2,1-2H3.